The van der Waals surface area contributed by atoms with Crippen LogP contribution in [0.1, 0.15) is 21.5 Å². The Hall–Kier alpha value is -3.33. The second kappa shape index (κ2) is 6.29. The zero-order chi connectivity index (χ0) is 17.2. The maximum absolute atomic E-state index is 12.6. The number of carbonyl (C=O) groups excluding carboxylic acids is 1. The Morgan fingerprint density at radius 3 is 2.56 bits per heavy atom. The van der Waals surface area contributed by atoms with E-state index in [0.717, 1.165) is 17.7 Å². The molecule has 1 aliphatic rings. The summed E-state index contributed by atoms with van der Waals surface area (Å²) in [5.74, 6) is -0.117. The van der Waals surface area contributed by atoms with Gasteiger partial charge in [0.2, 0.25) is 0 Å². The molecule has 4 rings (SSSR count). The number of nitrogen functional groups attached to an aromatic ring is 1. The monoisotopic (exact) mass is 326 g/mol. The molecule has 0 aliphatic heterocycles. The van der Waals surface area contributed by atoms with E-state index in [1.807, 2.05) is 30.3 Å². The largest absolute Gasteiger partial charge is 0.399 e. The van der Waals surface area contributed by atoms with Gasteiger partial charge >= 0.3 is 0 Å². The van der Waals surface area contributed by atoms with E-state index in [0.29, 0.717) is 11.3 Å². The second-order valence-corrected chi connectivity index (χ2v) is 6.14. The van der Waals surface area contributed by atoms with Crippen LogP contribution in [0.5, 0.6) is 0 Å². The first-order chi connectivity index (χ1) is 12.2. The lowest BCUT2D eigenvalue weighted by molar-refractivity contribution is 0.102. The molecule has 3 heteroatoms. The normalized spacial score (nSPS) is 12.0. The molecule has 25 heavy (non-hydrogen) atoms. The van der Waals surface area contributed by atoms with Crippen LogP contribution in [0.4, 0.5) is 11.4 Å². The van der Waals surface area contributed by atoms with Gasteiger partial charge in [0.15, 0.2) is 0 Å². The molecule has 0 saturated heterocycles. The fourth-order valence-corrected chi connectivity index (χ4v) is 3.14. The number of nitrogens with two attached hydrogens (primary N) is 1. The van der Waals surface area contributed by atoms with Crippen molar-refractivity contribution in [1.82, 2.24) is 0 Å². The third-order valence-electron chi connectivity index (χ3n) is 4.42. The Kier molecular flexibility index (Phi) is 3.82. The highest BCUT2D eigenvalue weighted by molar-refractivity contribution is 6.05. The molecule has 0 atom stereocenters. The summed E-state index contributed by atoms with van der Waals surface area (Å²) in [5, 5.41) is 2.91. The molecule has 0 aromatic heterocycles. The first kappa shape index (κ1) is 15.2. The quantitative estimate of drug-likeness (QED) is 0.667. The van der Waals surface area contributed by atoms with E-state index in [-0.39, 0.29) is 5.91 Å². The minimum atomic E-state index is -0.117. The van der Waals surface area contributed by atoms with Gasteiger partial charge in [-0.15, -0.1) is 0 Å². The number of hydrogen-bond donors (Lipinski definition) is 2. The molecule has 0 bridgehead atoms. The van der Waals surface area contributed by atoms with Gasteiger partial charge in [-0.3, -0.25) is 4.79 Å². The van der Waals surface area contributed by atoms with E-state index in [2.05, 4.69) is 29.6 Å². The second-order valence-electron chi connectivity index (χ2n) is 6.14. The molecule has 0 unspecified atom stereocenters. The van der Waals surface area contributed by atoms with E-state index in [4.69, 9.17) is 5.73 Å². The summed E-state index contributed by atoms with van der Waals surface area (Å²) in [5.41, 5.74) is 12.5. The summed E-state index contributed by atoms with van der Waals surface area (Å²) in [7, 11) is 0. The summed E-state index contributed by atoms with van der Waals surface area (Å²) < 4.78 is 0. The Labute approximate surface area is 146 Å². The van der Waals surface area contributed by atoms with Crippen LogP contribution < -0.4 is 11.1 Å². The van der Waals surface area contributed by atoms with Crippen molar-refractivity contribution >= 4 is 23.4 Å². The van der Waals surface area contributed by atoms with Crippen molar-refractivity contribution in [2.45, 2.75) is 6.42 Å². The van der Waals surface area contributed by atoms with Gasteiger partial charge in [0, 0.05) is 16.9 Å². The van der Waals surface area contributed by atoms with Crippen molar-refractivity contribution < 1.29 is 4.79 Å². The van der Waals surface area contributed by atoms with Gasteiger partial charge in [0.1, 0.15) is 0 Å². The number of anilines is 2. The Morgan fingerprint density at radius 2 is 1.72 bits per heavy atom. The lowest BCUT2D eigenvalue weighted by Crippen LogP contribution is -2.12. The molecule has 1 aliphatic carbocycles. The fourth-order valence-electron chi connectivity index (χ4n) is 3.14. The smallest absolute Gasteiger partial charge is 0.255 e. The molecule has 0 radical (unpaired) electrons. The summed E-state index contributed by atoms with van der Waals surface area (Å²) in [6, 6.07) is 21.4. The van der Waals surface area contributed by atoms with Gasteiger partial charge in [0.25, 0.3) is 5.91 Å². The third-order valence-corrected chi connectivity index (χ3v) is 4.42. The van der Waals surface area contributed by atoms with Crippen molar-refractivity contribution in [2.75, 3.05) is 11.1 Å². The van der Waals surface area contributed by atoms with Crippen molar-refractivity contribution in [3.05, 3.63) is 89.5 Å². The predicted molar refractivity (Wildman–Crippen MR) is 103 cm³/mol. The van der Waals surface area contributed by atoms with Crippen LogP contribution in [0.3, 0.4) is 0 Å². The summed E-state index contributed by atoms with van der Waals surface area (Å²) in [6.07, 6.45) is 5.10. The Bertz CT molecular complexity index is 972. The summed E-state index contributed by atoms with van der Waals surface area (Å²) >= 11 is 0. The van der Waals surface area contributed by atoms with Gasteiger partial charge in [0.05, 0.1) is 0 Å². The molecule has 0 fully saturated rings. The van der Waals surface area contributed by atoms with Gasteiger partial charge in [-0.1, -0.05) is 42.5 Å². The number of benzene rings is 3. The van der Waals surface area contributed by atoms with Crippen molar-refractivity contribution in [1.29, 1.82) is 0 Å². The van der Waals surface area contributed by atoms with Crippen molar-refractivity contribution in [3.63, 3.8) is 0 Å². The molecular formula is C22H18N2O. The highest BCUT2D eigenvalue weighted by Crippen LogP contribution is 2.32. The van der Waals surface area contributed by atoms with Gasteiger partial charge in [-0.05, 0) is 65.1 Å². The average Bonchev–Trinajstić information content (AvgIpc) is 2.82. The van der Waals surface area contributed by atoms with E-state index in [9.17, 15) is 4.79 Å². The number of hydrogen-bond acceptors (Lipinski definition) is 2. The number of fused-ring (bicyclic) bond motifs is 3. The van der Waals surface area contributed by atoms with Gasteiger partial charge in [-0.25, -0.2) is 0 Å². The van der Waals surface area contributed by atoms with E-state index in [1.165, 1.54) is 16.7 Å². The number of amides is 1. The molecule has 0 heterocycles. The van der Waals surface area contributed by atoms with E-state index >= 15 is 0 Å². The van der Waals surface area contributed by atoms with Crippen LogP contribution in [-0.4, -0.2) is 5.91 Å². The van der Waals surface area contributed by atoms with Crippen LogP contribution in [0, 0.1) is 0 Å². The standard InChI is InChI=1S/C22H18N2O/c23-18-9-11-19(12-10-18)24-22(25)17-8-13-21-16(14-17)6-3-5-15-4-1-2-7-20(15)21/h1-5,7-14H,6,23H2,(H,24,25). The number of carbonyl (C=O) groups is 1. The van der Waals surface area contributed by atoms with Crippen LogP contribution >= 0.6 is 0 Å². The number of allylic oxidation sites excluding steroid dienone is 1. The molecule has 3 aromatic carbocycles. The topological polar surface area (TPSA) is 55.1 Å². The Morgan fingerprint density at radius 1 is 0.920 bits per heavy atom. The minimum absolute atomic E-state index is 0.117. The highest BCUT2D eigenvalue weighted by atomic mass is 16.1. The molecule has 3 aromatic rings. The molecule has 0 spiro atoms. The molecule has 3 nitrogen and oxygen atoms in total. The van der Waals surface area contributed by atoms with Crippen molar-refractivity contribution in [3.8, 4) is 11.1 Å². The maximum Gasteiger partial charge on any atom is 0.255 e. The van der Waals surface area contributed by atoms with Crippen LogP contribution in [0.2, 0.25) is 0 Å². The van der Waals surface area contributed by atoms with Crippen LogP contribution in [0.15, 0.2) is 72.8 Å². The average molecular weight is 326 g/mol. The summed E-state index contributed by atoms with van der Waals surface area (Å²) in [6.45, 7) is 0. The molecule has 3 N–H and O–H groups in total. The molecule has 1 amide bonds. The van der Waals surface area contributed by atoms with Gasteiger partial charge in [-0.2, -0.15) is 0 Å². The minimum Gasteiger partial charge on any atom is -0.399 e. The molecular weight excluding hydrogens is 308 g/mol. The molecule has 122 valence electrons. The lowest BCUT2D eigenvalue weighted by atomic mass is 9.94. The van der Waals surface area contributed by atoms with E-state index in [1.54, 1.807) is 24.3 Å². The third kappa shape index (κ3) is 3.04. The van der Waals surface area contributed by atoms with Crippen LogP contribution in [0.25, 0.3) is 17.2 Å². The Balaban J connectivity index is 1.66. The lowest BCUT2D eigenvalue weighted by Gasteiger charge is -2.12. The number of nitrogens with one attached hydrogen (secondary N) is 1. The summed E-state index contributed by atoms with van der Waals surface area (Å²) in [4.78, 5) is 12.6. The zero-order valence-electron chi connectivity index (χ0n) is 13.7. The van der Waals surface area contributed by atoms with E-state index < -0.39 is 0 Å². The SMILES string of the molecule is Nc1ccc(NC(=O)c2ccc3c(c2)CC=Cc2ccccc2-3)cc1. The maximum atomic E-state index is 12.6. The first-order valence-corrected chi connectivity index (χ1v) is 8.26. The van der Waals surface area contributed by atoms with Crippen molar-refractivity contribution in [2.24, 2.45) is 0 Å². The number of rotatable bonds is 2. The van der Waals surface area contributed by atoms with Crippen LogP contribution in [-0.2, 0) is 6.42 Å². The first-order valence-electron chi connectivity index (χ1n) is 8.26. The fraction of sp³-hybridized carbons (Fsp3) is 0.0455. The highest BCUT2D eigenvalue weighted by Gasteiger charge is 2.14. The molecule has 0 saturated carbocycles. The van der Waals surface area contributed by atoms with Gasteiger partial charge < -0.3 is 11.1 Å². The predicted octanol–water partition coefficient (Wildman–Crippen LogP) is 4.76. The zero-order valence-corrected chi connectivity index (χ0v) is 13.7.